The van der Waals surface area contributed by atoms with Crippen LogP contribution in [0.5, 0.6) is 0 Å². The topological polar surface area (TPSA) is 20.2 Å². The summed E-state index contributed by atoms with van der Waals surface area (Å²) in [4.78, 5) is 0. The van der Waals surface area contributed by atoms with Gasteiger partial charge in [-0.3, -0.25) is 0 Å². The summed E-state index contributed by atoms with van der Waals surface area (Å²) in [7, 11) is 0. The van der Waals surface area contributed by atoms with Crippen LogP contribution in [0, 0.1) is 5.92 Å². The van der Waals surface area contributed by atoms with Crippen molar-refractivity contribution in [3.05, 3.63) is 70.8 Å². The Kier molecular flexibility index (Phi) is 1.40. The first-order valence-corrected chi connectivity index (χ1v) is 6.70. The Morgan fingerprint density at radius 3 is 2.44 bits per heavy atom. The SMILES string of the molecule is O[C@@]12Cc3ccccc3[C@@H]3[C@@H](c4ccccc41)[C@H]32. The fourth-order valence-electron chi connectivity index (χ4n) is 4.56. The van der Waals surface area contributed by atoms with E-state index in [1.165, 1.54) is 22.3 Å². The van der Waals surface area contributed by atoms with E-state index in [4.69, 9.17) is 0 Å². The first-order valence-electron chi connectivity index (χ1n) is 6.70. The van der Waals surface area contributed by atoms with Crippen LogP contribution in [0.15, 0.2) is 48.5 Å². The molecule has 0 radical (unpaired) electrons. The molecule has 2 aromatic rings. The van der Waals surface area contributed by atoms with Crippen molar-refractivity contribution in [2.45, 2.75) is 23.9 Å². The third-order valence-electron chi connectivity index (χ3n) is 5.23. The molecule has 0 aliphatic heterocycles. The molecule has 1 N–H and O–H groups in total. The Morgan fingerprint density at radius 2 is 1.56 bits per heavy atom. The predicted octanol–water partition coefficient (Wildman–Crippen LogP) is 2.94. The molecule has 0 aromatic heterocycles. The van der Waals surface area contributed by atoms with E-state index in [2.05, 4.69) is 48.5 Å². The maximum absolute atomic E-state index is 11.1. The van der Waals surface area contributed by atoms with E-state index < -0.39 is 5.60 Å². The normalized spacial score (nSPS) is 37.7. The molecule has 0 amide bonds. The van der Waals surface area contributed by atoms with Gasteiger partial charge in [-0.05, 0) is 34.1 Å². The van der Waals surface area contributed by atoms with Gasteiger partial charge in [-0.2, -0.15) is 0 Å². The van der Waals surface area contributed by atoms with Gasteiger partial charge in [0.05, 0.1) is 5.60 Å². The first kappa shape index (κ1) is 9.35. The van der Waals surface area contributed by atoms with E-state index in [0.29, 0.717) is 17.8 Å². The molecule has 1 fully saturated rings. The lowest BCUT2D eigenvalue weighted by molar-refractivity contribution is 0.0122. The Morgan fingerprint density at radius 1 is 0.889 bits per heavy atom. The van der Waals surface area contributed by atoms with Gasteiger partial charge in [0, 0.05) is 12.3 Å². The summed E-state index contributed by atoms with van der Waals surface area (Å²) in [6, 6.07) is 17.1. The van der Waals surface area contributed by atoms with Gasteiger partial charge in [0.2, 0.25) is 0 Å². The van der Waals surface area contributed by atoms with E-state index in [1.807, 2.05) is 0 Å². The Bertz CT molecular complexity index is 675. The summed E-state index contributed by atoms with van der Waals surface area (Å²) in [5.41, 5.74) is 4.81. The van der Waals surface area contributed by atoms with Crippen LogP contribution < -0.4 is 0 Å². The summed E-state index contributed by atoms with van der Waals surface area (Å²) >= 11 is 0. The van der Waals surface area contributed by atoms with E-state index in [-0.39, 0.29) is 0 Å². The van der Waals surface area contributed by atoms with Crippen molar-refractivity contribution in [3.8, 4) is 0 Å². The number of aliphatic hydroxyl groups is 1. The maximum atomic E-state index is 11.1. The average molecular weight is 234 g/mol. The third kappa shape index (κ3) is 0.842. The quantitative estimate of drug-likeness (QED) is 0.743. The van der Waals surface area contributed by atoms with Crippen LogP contribution in [0.25, 0.3) is 0 Å². The molecule has 0 saturated heterocycles. The van der Waals surface area contributed by atoms with Gasteiger partial charge in [-0.1, -0.05) is 48.5 Å². The molecule has 18 heavy (non-hydrogen) atoms. The number of hydrogen-bond donors (Lipinski definition) is 1. The summed E-state index contributed by atoms with van der Waals surface area (Å²) < 4.78 is 0. The van der Waals surface area contributed by atoms with Crippen LogP contribution in [0.4, 0.5) is 0 Å². The zero-order valence-electron chi connectivity index (χ0n) is 10.0. The van der Waals surface area contributed by atoms with Gasteiger partial charge < -0.3 is 5.11 Å². The molecule has 0 heterocycles. The number of hydrogen-bond acceptors (Lipinski definition) is 1. The van der Waals surface area contributed by atoms with Crippen LogP contribution >= 0.6 is 0 Å². The smallest absolute Gasteiger partial charge is 0.0979 e. The number of rotatable bonds is 0. The highest BCUT2D eigenvalue weighted by molar-refractivity contribution is 5.59. The van der Waals surface area contributed by atoms with E-state index >= 15 is 0 Å². The lowest BCUT2D eigenvalue weighted by Gasteiger charge is -2.33. The van der Waals surface area contributed by atoms with E-state index in [1.54, 1.807) is 0 Å². The van der Waals surface area contributed by atoms with Crippen LogP contribution in [0.2, 0.25) is 0 Å². The molecule has 1 saturated carbocycles. The van der Waals surface area contributed by atoms with Crippen LogP contribution in [-0.4, -0.2) is 5.11 Å². The minimum atomic E-state index is -0.597. The molecular weight excluding hydrogens is 220 g/mol. The second-order valence-corrected chi connectivity index (χ2v) is 5.96. The molecule has 1 nitrogen and oxygen atoms in total. The second kappa shape index (κ2) is 2.70. The minimum absolute atomic E-state index is 0.435. The molecule has 5 rings (SSSR count). The monoisotopic (exact) mass is 234 g/mol. The van der Waals surface area contributed by atoms with E-state index in [0.717, 1.165) is 6.42 Å². The van der Waals surface area contributed by atoms with Crippen molar-refractivity contribution in [2.75, 3.05) is 0 Å². The Labute approximate surface area is 106 Å². The molecule has 88 valence electrons. The summed E-state index contributed by atoms with van der Waals surface area (Å²) in [6.45, 7) is 0. The number of fused-ring (bicyclic) bond motifs is 6. The lowest BCUT2D eigenvalue weighted by Crippen LogP contribution is -2.33. The largest absolute Gasteiger partial charge is 0.384 e. The van der Waals surface area contributed by atoms with Gasteiger partial charge in [0.25, 0.3) is 0 Å². The first-order chi connectivity index (χ1) is 8.81. The summed E-state index contributed by atoms with van der Waals surface area (Å²) in [5.74, 6) is 1.56. The van der Waals surface area contributed by atoms with Crippen molar-refractivity contribution < 1.29 is 5.11 Å². The number of benzene rings is 2. The Hall–Kier alpha value is -1.60. The molecule has 3 aliphatic rings. The second-order valence-electron chi connectivity index (χ2n) is 5.96. The Balaban J connectivity index is 1.79. The van der Waals surface area contributed by atoms with E-state index in [9.17, 15) is 5.11 Å². The molecule has 0 spiro atoms. The van der Waals surface area contributed by atoms with Crippen LogP contribution in [0.3, 0.4) is 0 Å². The summed E-state index contributed by atoms with van der Waals surface area (Å²) in [5, 5.41) is 11.1. The van der Waals surface area contributed by atoms with Gasteiger partial charge in [-0.25, -0.2) is 0 Å². The van der Waals surface area contributed by atoms with Crippen molar-refractivity contribution in [3.63, 3.8) is 0 Å². The highest BCUT2D eigenvalue weighted by Gasteiger charge is 2.70. The molecular formula is C17H14O. The predicted molar refractivity (Wildman–Crippen MR) is 69.5 cm³/mol. The molecule has 0 unspecified atom stereocenters. The van der Waals surface area contributed by atoms with Crippen molar-refractivity contribution in [1.29, 1.82) is 0 Å². The van der Waals surface area contributed by atoms with Gasteiger partial charge in [0.15, 0.2) is 0 Å². The fraction of sp³-hybridized carbons (Fsp3) is 0.294. The zero-order chi connectivity index (χ0) is 11.9. The lowest BCUT2D eigenvalue weighted by atomic mass is 9.76. The maximum Gasteiger partial charge on any atom is 0.0979 e. The van der Waals surface area contributed by atoms with Crippen LogP contribution in [-0.2, 0) is 12.0 Å². The zero-order valence-corrected chi connectivity index (χ0v) is 10.0. The van der Waals surface area contributed by atoms with Gasteiger partial charge >= 0.3 is 0 Å². The highest BCUT2D eigenvalue weighted by atomic mass is 16.3. The molecule has 1 heteroatoms. The van der Waals surface area contributed by atoms with Gasteiger partial charge in [-0.15, -0.1) is 0 Å². The van der Waals surface area contributed by atoms with Gasteiger partial charge in [0.1, 0.15) is 0 Å². The van der Waals surface area contributed by atoms with Crippen molar-refractivity contribution >= 4 is 0 Å². The average Bonchev–Trinajstić information content (AvgIpc) is 3.09. The molecule has 4 atom stereocenters. The van der Waals surface area contributed by atoms with Crippen molar-refractivity contribution in [1.82, 2.24) is 0 Å². The molecule has 2 aromatic carbocycles. The minimum Gasteiger partial charge on any atom is -0.384 e. The van der Waals surface area contributed by atoms with Crippen LogP contribution in [0.1, 0.15) is 34.1 Å². The molecule has 3 aliphatic carbocycles. The highest BCUT2D eigenvalue weighted by Crippen LogP contribution is 2.75. The standard InChI is InChI=1S/C17H14O/c18-17-9-10-5-1-2-6-11(10)14-15(16(14)17)12-7-3-4-8-13(12)17/h1-8,14-16,18H,9H2/t14-,15-,16+,17+/m1/s1. The summed E-state index contributed by atoms with van der Waals surface area (Å²) in [6.07, 6.45) is 0.790. The van der Waals surface area contributed by atoms with Crippen molar-refractivity contribution in [2.24, 2.45) is 5.92 Å². The third-order valence-corrected chi connectivity index (χ3v) is 5.23. The fourth-order valence-corrected chi connectivity index (χ4v) is 4.56. The molecule has 0 bridgehead atoms.